The largest absolute Gasteiger partial charge is 0.507 e. The van der Waals surface area contributed by atoms with Gasteiger partial charge in [-0.15, -0.1) is 0 Å². The molecule has 1 aliphatic heterocycles. The first kappa shape index (κ1) is 19.0. The van der Waals surface area contributed by atoms with Crippen molar-refractivity contribution >= 4 is 12.6 Å². The molecule has 2 aromatic carbocycles. The number of rotatable bonds is 3. The first-order valence-electron chi connectivity index (χ1n) is 8.95. The van der Waals surface area contributed by atoms with E-state index in [0.717, 1.165) is 27.7 Å². The zero-order valence-electron chi connectivity index (χ0n) is 16.3. The van der Waals surface area contributed by atoms with Gasteiger partial charge in [-0.3, -0.25) is 0 Å². The molecule has 26 heavy (non-hydrogen) atoms. The van der Waals surface area contributed by atoms with Crippen LogP contribution in [0.5, 0.6) is 5.75 Å². The minimum absolute atomic E-state index is 0.275. The number of phenolic OH excluding ortho intramolecular Hbond substituents is 1. The van der Waals surface area contributed by atoms with Crippen molar-refractivity contribution < 1.29 is 19.5 Å². The van der Waals surface area contributed by atoms with Crippen molar-refractivity contribution in [2.75, 3.05) is 0 Å². The van der Waals surface area contributed by atoms with Crippen LogP contribution in [0.25, 0.3) is 0 Å². The van der Waals surface area contributed by atoms with E-state index in [1.165, 1.54) is 0 Å². The van der Waals surface area contributed by atoms with E-state index in [9.17, 15) is 10.2 Å². The van der Waals surface area contributed by atoms with Crippen LogP contribution in [0.1, 0.15) is 56.1 Å². The molecule has 4 nitrogen and oxygen atoms in total. The van der Waals surface area contributed by atoms with E-state index in [1.807, 2.05) is 77.9 Å². The van der Waals surface area contributed by atoms with E-state index in [1.54, 1.807) is 0 Å². The Morgan fingerprint density at radius 3 is 1.77 bits per heavy atom. The van der Waals surface area contributed by atoms with E-state index in [4.69, 9.17) is 9.31 Å². The van der Waals surface area contributed by atoms with E-state index < -0.39 is 13.2 Å². The summed E-state index contributed by atoms with van der Waals surface area (Å²) in [5, 5.41) is 20.6. The average molecular weight is 354 g/mol. The number of aliphatic hydroxyl groups is 1. The molecular weight excluding hydrogens is 327 g/mol. The quantitative estimate of drug-likeness (QED) is 0.830. The van der Waals surface area contributed by atoms with Gasteiger partial charge in [-0.2, -0.15) is 0 Å². The molecule has 1 saturated heterocycles. The van der Waals surface area contributed by atoms with Gasteiger partial charge in [-0.1, -0.05) is 24.3 Å². The second-order valence-corrected chi connectivity index (χ2v) is 8.16. The standard InChI is InChI=1S/C21H27BO4/c1-13-11-16(12-14(2)18(13)23)19(24)15-7-9-17(10-8-15)22-25-20(3,4)21(5,6)26-22/h7-12,19,23-24H,1-6H3. The second-order valence-electron chi connectivity index (χ2n) is 8.16. The van der Waals surface area contributed by atoms with Crippen LogP contribution in [0, 0.1) is 13.8 Å². The van der Waals surface area contributed by atoms with Crippen LogP contribution < -0.4 is 5.46 Å². The first-order valence-corrected chi connectivity index (χ1v) is 8.95. The molecule has 0 aliphatic carbocycles. The molecule has 1 aliphatic rings. The highest BCUT2D eigenvalue weighted by Gasteiger charge is 2.51. The van der Waals surface area contributed by atoms with Gasteiger partial charge in [0.2, 0.25) is 0 Å². The highest BCUT2D eigenvalue weighted by Crippen LogP contribution is 2.36. The molecule has 0 aromatic heterocycles. The average Bonchev–Trinajstić information content (AvgIpc) is 2.79. The summed E-state index contributed by atoms with van der Waals surface area (Å²) in [6, 6.07) is 11.3. The van der Waals surface area contributed by atoms with Crippen molar-refractivity contribution in [3.63, 3.8) is 0 Å². The Balaban J connectivity index is 1.82. The van der Waals surface area contributed by atoms with Crippen LogP contribution in [0.2, 0.25) is 0 Å². The normalized spacial score (nSPS) is 19.6. The molecule has 0 amide bonds. The zero-order valence-corrected chi connectivity index (χ0v) is 16.3. The van der Waals surface area contributed by atoms with Gasteiger partial charge < -0.3 is 19.5 Å². The molecule has 1 unspecified atom stereocenters. The number of hydrogen-bond donors (Lipinski definition) is 2. The van der Waals surface area contributed by atoms with Crippen molar-refractivity contribution in [2.45, 2.75) is 58.8 Å². The van der Waals surface area contributed by atoms with Crippen molar-refractivity contribution in [1.82, 2.24) is 0 Å². The van der Waals surface area contributed by atoms with Gasteiger partial charge in [0.05, 0.1) is 11.2 Å². The third kappa shape index (κ3) is 3.27. The molecule has 3 rings (SSSR count). The Kier molecular flexibility index (Phi) is 4.68. The van der Waals surface area contributed by atoms with Gasteiger partial charge in [-0.25, -0.2) is 0 Å². The molecule has 1 fully saturated rings. The molecule has 2 N–H and O–H groups in total. The highest BCUT2D eigenvalue weighted by atomic mass is 16.7. The van der Waals surface area contributed by atoms with E-state index in [2.05, 4.69) is 0 Å². The molecule has 1 atom stereocenters. The predicted molar refractivity (Wildman–Crippen MR) is 104 cm³/mol. The molecule has 138 valence electrons. The maximum absolute atomic E-state index is 10.7. The Labute approximate surface area is 155 Å². The Morgan fingerprint density at radius 2 is 1.31 bits per heavy atom. The van der Waals surface area contributed by atoms with Crippen molar-refractivity contribution in [1.29, 1.82) is 0 Å². The first-order chi connectivity index (χ1) is 12.0. The smallest absolute Gasteiger partial charge is 0.494 e. The minimum atomic E-state index is -0.750. The molecule has 0 bridgehead atoms. The lowest BCUT2D eigenvalue weighted by atomic mass is 9.78. The summed E-state index contributed by atoms with van der Waals surface area (Å²) in [5.74, 6) is 0.275. The maximum atomic E-state index is 10.7. The zero-order chi connectivity index (χ0) is 19.3. The third-order valence-corrected chi connectivity index (χ3v) is 5.61. The summed E-state index contributed by atoms with van der Waals surface area (Å²) in [6.45, 7) is 11.8. The topological polar surface area (TPSA) is 58.9 Å². The van der Waals surface area contributed by atoms with Gasteiger partial charge in [0.1, 0.15) is 11.9 Å². The van der Waals surface area contributed by atoms with Crippen molar-refractivity contribution in [2.24, 2.45) is 0 Å². The Hall–Kier alpha value is -1.82. The summed E-state index contributed by atoms with van der Waals surface area (Å²) in [6.07, 6.45) is -0.750. The third-order valence-electron chi connectivity index (χ3n) is 5.61. The van der Waals surface area contributed by atoms with Gasteiger partial charge in [0.15, 0.2) is 0 Å². The summed E-state index contributed by atoms with van der Waals surface area (Å²) < 4.78 is 12.1. The number of phenols is 1. The van der Waals surface area contributed by atoms with Crippen LogP contribution in [-0.2, 0) is 9.31 Å². The number of aliphatic hydroxyl groups excluding tert-OH is 1. The fourth-order valence-corrected chi connectivity index (χ4v) is 3.15. The van der Waals surface area contributed by atoms with Crippen LogP contribution in [0.4, 0.5) is 0 Å². The Morgan fingerprint density at radius 1 is 0.846 bits per heavy atom. The Bertz CT molecular complexity index is 772. The predicted octanol–water partition coefficient (Wildman–Crippen LogP) is 3.39. The van der Waals surface area contributed by atoms with Crippen LogP contribution in [0.3, 0.4) is 0 Å². The molecular formula is C21H27BO4. The lowest BCUT2D eigenvalue weighted by Gasteiger charge is -2.32. The van der Waals surface area contributed by atoms with Crippen LogP contribution in [-0.4, -0.2) is 28.5 Å². The van der Waals surface area contributed by atoms with Crippen molar-refractivity contribution in [3.8, 4) is 5.75 Å². The molecule has 5 heteroatoms. The summed E-state index contributed by atoms with van der Waals surface area (Å²) in [5.41, 5.74) is 3.24. The van der Waals surface area contributed by atoms with E-state index >= 15 is 0 Å². The molecule has 2 aromatic rings. The highest BCUT2D eigenvalue weighted by molar-refractivity contribution is 6.62. The monoisotopic (exact) mass is 354 g/mol. The van der Waals surface area contributed by atoms with Crippen LogP contribution in [0.15, 0.2) is 36.4 Å². The van der Waals surface area contributed by atoms with Gasteiger partial charge in [0.25, 0.3) is 0 Å². The summed E-state index contributed by atoms with van der Waals surface area (Å²) in [7, 11) is -0.413. The lowest BCUT2D eigenvalue weighted by molar-refractivity contribution is 0.00578. The summed E-state index contributed by atoms with van der Waals surface area (Å²) >= 11 is 0. The van der Waals surface area contributed by atoms with E-state index in [0.29, 0.717) is 0 Å². The SMILES string of the molecule is Cc1cc(C(O)c2ccc(B3OC(C)(C)C(C)(C)O3)cc2)cc(C)c1O. The number of aromatic hydroxyl groups is 1. The number of hydrogen-bond acceptors (Lipinski definition) is 4. The summed E-state index contributed by atoms with van der Waals surface area (Å²) in [4.78, 5) is 0. The lowest BCUT2D eigenvalue weighted by Crippen LogP contribution is -2.41. The molecule has 1 heterocycles. The van der Waals surface area contributed by atoms with Gasteiger partial charge in [-0.05, 0) is 81.4 Å². The van der Waals surface area contributed by atoms with Crippen LogP contribution >= 0.6 is 0 Å². The number of aryl methyl sites for hydroxylation is 2. The van der Waals surface area contributed by atoms with Crippen molar-refractivity contribution in [3.05, 3.63) is 58.7 Å². The van der Waals surface area contributed by atoms with Gasteiger partial charge >= 0.3 is 7.12 Å². The minimum Gasteiger partial charge on any atom is -0.507 e. The fourth-order valence-electron chi connectivity index (χ4n) is 3.15. The van der Waals surface area contributed by atoms with E-state index in [-0.39, 0.29) is 17.0 Å². The molecule has 0 saturated carbocycles. The van der Waals surface area contributed by atoms with Gasteiger partial charge in [0, 0.05) is 0 Å². The fraction of sp³-hybridized carbons (Fsp3) is 0.429. The second kappa shape index (κ2) is 6.41. The molecule has 0 spiro atoms. The number of benzene rings is 2. The molecule has 0 radical (unpaired) electrons. The maximum Gasteiger partial charge on any atom is 0.494 e.